The van der Waals surface area contributed by atoms with Crippen LogP contribution in [0, 0.1) is 49.4 Å². The molecule has 1 aliphatic heterocycles. The first kappa shape index (κ1) is 38.9. The molecule has 4 aromatic rings. The molecule has 5 rings (SSSR count). The third kappa shape index (κ3) is 9.19. The Morgan fingerprint density at radius 3 is 0.673 bits per heavy atom. The first-order chi connectivity index (χ1) is 25.4. The van der Waals surface area contributed by atoms with Crippen LogP contribution in [0.3, 0.4) is 0 Å². The van der Waals surface area contributed by atoms with Gasteiger partial charge in [-0.3, -0.25) is 0 Å². The van der Waals surface area contributed by atoms with E-state index in [-0.39, 0.29) is 0 Å². The molecule has 0 saturated heterocycles. The Morgan fingerprint density at radius 2 is 0.538 bits per heavy atom. The first-order valence-electron chi connectivity index (χ1n) is 17.2. The molecule has 0 aliphatic carbocycles. The van der Waals surface area contributed by atoms with Crippen molar-refractivity contribution in [3.8, 4) is 72.4 Å². The van der Waals surface area contributed by atoms with Crippen molar-refractivity contribution in [2.75, 3.05) is 26.4 Å². The van der Waals surface area contributed by atoms with Gasteiger partial charge in [-0.1, -0.05) is 98.4 Å². The number of benzene rings is 4. The van der Waals surface area contributed by atoms with Crippen LogP contribution in [-0.2, 0) is 0 Å². The molecule has 1 heterocycles. The van der Waals surface area contributed by atoms with E-state index in [1.54, 1.807) is 0 Å². The van der Waals surface area contributed by atoms with E-state index in [0.29, 0.717) is 71.7 Å². The fourth-order valence-electron chi connectivity index (χ4n) is 5.11. The molecular formula is C44H40O4S4. The zero-order chi connectivity index (χ0) is 37.0. The largest absolute Gasteiger partial charge is 0.491 e. The minimum atomic E-state index is 0.512. The lowest BCUT2D eigenvalue weighted by atomic mass is 10.2. The number of terminal acetylenes is 4. The molecule has 4 aromatic carbocycles. The van der Waals surface area contributed by atoms with Crippen LogP contribution in [0.15, 0.2) is 87.7 Å². The Bertz CT molecular complexity index is 1710. The zero-order valence-corrected chi connectivity index (χ0v) is 33.1. The zero-order valence-electron chi connectivity index (χ0n) is 29.9. The van der Waals surface area contributed by atoms with Crippen LogP contribution < -0.4 is 18.9 Å². The van der Waals surface area contributed by atoms with E-state index in [2.05, 4.69) is 51.4 Å². The minimum Gasteiger partial charge on any atom is -0.491 e. The van der Waals surface area contributed by atoms with Crippen molar-refractivity contribution < 1.29 is 18.9 Å². The van der Waals surface area contributed by atoms with E-state index in [0.717, 1.165) is 64.8 Å². The Hall–Kier alpha value is -4.28. The quantitative estimate of drug-likeness (QED) is 0.116. The summed E-state index contributed by atoms with van der Waals surface area (Å²) in [5, 5.41) is 0. The van der Waals surface area contributed by atoms with Gasteiger partial charge >= 0.3 is 0 Å². The van der Waals surface area contributed by atoms with Gasteiger partial charge in [0.15, 0.2) is 0 Å². The smallest absolute Gasteiger partial charge is 0.147 e. The second-order valence-electron chi connectivity index (χ2n) is 11.6. The summed E-state index contributed by atoms with van der Waals surface area (Å²) < 4.78 is 26.2. The topological polar surface area (TPSA) is 36.9 Å². The maximum atomic E-state index is 6.56. The molecule has 0 atom stereocenters. The van der Waals surface area contributed by atoms with Crippen molar-refractivity contribution >= 4 is 47.0 Å². The van der Waals surface area contributed by atoms with Crippen LogP contribution in [0.25, 0.3) is 0 Å². The van der Waals surface area contributed by atoms with Crippen molar-refractivity contribution in [3.05, 3.63) is 70.8 Å². The van der Waals surface area contributed by atoms with E-state index in [1.807, 2.05) is 48.5 Å². The summed E-state index contributed by atoms with van der Waals surface area (Å²) in [6.07, 6.45) is 27.6. The predicted octanol–water partition coefficient (Wildman–Crippen LogP) is 11.7. The molecule has 0 spiro atoms. The van der Waals surface area contributed by atoms with Gasteiger partial charge in [-0.2, -0.15) is 0 Å². The van der Waals surface area contributed by atoms with Gasteiger partial charge in [0.25, 0.3) is 0 Å². The Labute approximate surface area is 326 Å². The normalized spacial score (nSPS) is 11.7. The van der Waals surface area contributed by atoms with E-state index in [1.165, 1.54) is 47.0 Å². The average molecular weight is 761 g/mol. The van der Waals surface area contributed by atoms with E-state index < -0.39 is 0 Å². The highest BCUT2D eigenvalue weighted by Gasteiger charge is 2.25. The molecule has 8 heteroatoms. The summed E-state index contributed by atoms with van der Waals surface area (Å²) in [4.78, 5) is 6.72. The van der Waals surface area contributed by atoms with E-state index in [9.17, 15) is 0 Å². The lowest BCUT2D eigenvalue weighted by Crippen LogP contribution is -2.03. The van der Waals surface area contributed by atoms with Crippen LogP contribution in [0.1, 0.15) is 75.6 Å². The maximum absolute atomic E-state index is 6.56. The van der Waals surface area contributed by atoms with Gasteiger partial charge in [0.1, 0.15) is 23.0 Å². The van der Waals surface area contributed by atoms with Crippen molar-refractivity contribution in [1.82, 2.24) is 0 Å². The summed E-state index contributed by atoms with van der Waals surface area (Å²) in [6, 6.07) is 15.8. The molecule has 52 heavy (non-hydrogen) atoms. The van der Waals surface area contributed by atoms with Crippen LogP contribution >= 0.6 is 47.0 Å². The molecule has 0 fully saturated rings. The van der Waals surface area contributed by atoms with Crippen molar-refractivity contribution in [2.24, 2.45) is 0 Å². The van der Waals surface area contributed by atoms with Gasteiger partial charge in [0, 0.05) is 22.3 Å². The standard InChI is InChI=1S/C44H40O4S4/c1-9-17-45-41-33-21-29(13-5)22-34(41)50-36-24-31(15-7)26-38(43(36)47-19-11-3)52-40-28-32(16-8)27-39(44(40)48-20-12-4)51-37-25-30(14-6)23-35(49-33)42(37)46-18-10-2/h5-8,21-28H,9-12,17-20H2,1-4H3. The Kier molecular flexibility index (Phi) is 14.2. The van der Waals surface area contributed by atoms with Crippen LogP contribution in [0.2, 0.25) is 0 Å². The van der Waals surface area contributed by atoms with Gasteiger partial charge in [0.05, 0.1) is 65.6 Å². The molecule has 0 N–H and O–H groups in total. The van der Waals surface area contributed by atoms with Gasteiger partial charge < -0.3 is 18.9 Å². The third-order valence-corrected chi connectivity index (χ3v) is 11.6. The minimum absolute atomic E-state index is 0.512. The monoisotopic (exact) mass is 760 g/mol. The van der Waals surface area contributed by atoms with Crippen molar-refractivity contribution in [2.45, 2.75) is 92.5 Å². The molecule has 8 bridgehead atoms. The number of hydrogen-bond donors (Lipinski definition) is 0. The summed E-state index contributed by atoms with van der Waals surface area (Å²) in [5.41, 5.74) is 2.84. The fraction of sp³-hybridized carbons (Fsp3) is 0.273. The Morgan fingerprint density at radius 1 is 0.365 bits per heavy atom. The SMILES string of the molecule is C#Cc1cc2c(OCCC)c(c1)Sc1cc(C#C)cc(c1OCCC)Sc1cc(C#C)cc(c1OCCC)Sc1cc(C#C)cc(c1OCCC)S2. The van der Waals surface area contributed by atoms with Crippen molar-refractivity contribution in [1.29, 1.82) is 0 Å². The second kappa shape index (κ2) is 19.0. The molecule has 4 nitrogen and oxygen atoms in total. The number of hydrogen-bond acceptors (Lipinski definition) is 8. The number of fused-ring (bicyclic) bond motifs is 8. The molecule has 1 aliphatic rings. The number of rotatable bonds is 12. The molecular weight excluding hydrogens is 721 g/mol. The molecule has 0 saturated carbocycles. The van der Waals surface area contributed by atoms with Gasteiger partial charge in [-0.15, -0.1) is 25.7 Å². The van der Waals surface area contributed by atoms with E-state index in [4.69, 9.17) is 44.6 Å². The van der Waals surface area contributed by atoms with Crippen LogP contribution in [-0.4, -0.2) is 26.4 Å². The summed E-state index contributed by atoms with van der Waals surface area (Å²) in [6.45, 7) is 10.4. The number of ether oxygens (including phenoxy) is 4. The predicted molar refractivity (Wildman–Crippen MR) is 217 cm³/mol. The van der Waals surface area contributed by atoms with Crippen molar-refractivity contribution in [3.63, 3.8) is 0 Å². The highest BCUT2D eigenvalue weighted by molar-refractivity contribution is 8.01. The molecule has 0 amide bonds. The summed E-state index contributed by atoms with van der Waals surface area (Å²) in [7, 11) is 0. The lowest BCUT2D eigenvalue weighted by molar-refractivity contribution is 0.299. The highest BCUT2D eigenvalue weighted by Crippen LogP contribution is 2.54. The molecule has 0 unspecified atom stereocenters. The van der Waals surface area contributed by atoms with Gasteiger partial charge in [-0.05, 0) is 74.2 Å². The van der Waals surface area contributed by atoms with Gasteiger partial charge in [-0.25, -0.2) is 0 Å². The third-order valence-electron chi connectivity index (χ3n) is 7.43. The van der Waals surface area contributed by atoms with Crippen LogP contribution in [0.5, 0.6) is 23.0 Å². The summed E-state index contributed by atoms with van der Waals surface area (Å²) >= 11 is 6.07. The fourth-order valence-corrected chi connectivity index (χ4v) is 9.89. The maximum Gasteiger partial charge on any atom is 0.147 e. The summed E-state index contributed by atoms with van der Waals surface area (Å²) in [5.74, 6) is 14.3. The first-order valence-corrected chi connectivity index (χ1v) is 20.5. The molecule has 264 valence electrons. The molecule has 0 aromatic heterocycles. The van der Waals surface area contributed by atoms with Gasteiger partial charge in [0.2, 0.25) is 0 Å². The average Bonchev–Trinajstić information content (AvgIpc) is 3.15. The van der Waals surface area contributed by atoms with E-state index >= 15 is 0 Å². The second-order valence-corrected chi connectivity index (χ2v) is 15.9. The highest BCUT2D eigenvalue weighted by atomic mass is 32.2. The van der Waals surface area contributed by atoms with Crippen LogP contribution in [0.4, 0.5) is 0 Å². The lowest BCUT2D eigenvalue weighted by Gasteiger charge is -2.22. The Balaban J connectivity index is 1.91. The molecule has 0 radical (unpaired) electrons.